The van der Waals surface area contributed by atoms with Crippen molar-refractivity contribution in [3.8, 4) is 5.75 Å². The van der Waals surface area contributed by atoms with Gasteiger partial charge in [-0.05, 0) is 37.0 Å². The third-order valence-corrected chi connectivity index (χ3v) is 4.59. The average Bonchev–Trinajstić information content (AvgIpc) is 3.40. The van der Waals surface area contributed by atoms with Gasteiger partial charge in [0.1, 0.15) is 5.75 Å². The molecule has 1 amide bonds. The summed E-state index contributed by atoms with van der Waals surface area (Å²) in [5.41, 5.74) is 0.672. The van der Waals surface area contributed by atoms with E-state index in [1.807, 2.05) is 23.1 Å². The first-order chi connectivity index (χ1) is 10.7. The molecule has 0 bridgehead atoms. The van der Waals surface area contributed by atoms with Crippen molar-refractivity contribution >= 4 is 18.3 Å². The Balaban J connectivity index is 0.00000192. The number of rotatable bonds is 5. The van der Waals surface area contributed by atoms with Crippen molar-refractivity contribution in [1.29, 1.82) is 0 Å². The lowest BCUT2D eigenvalue weighted by molar-refractivity contribution is 0.0488. The van der Waals surface area contributed by atoms with Crippen molar-refractivity contribution in [3.05, 3.63) is 29.8 Å². The summed E-state index contributed by atoms with van der Waals surface area (Å²) in [6.07, 6.45) is 2.13. The van der Waals surface area contributed by atoms with Gasteiger partial charge in [-0.15, -0.1) is 12.4 Å². The van der Waals surface area contributed by atoms with Gasteiger partial charge in [-0.2, -0.15) is 0 Å². The Morgan fingerprint density at radius 3 is 2.61 bits per heavy atom. The first-order valence-corrected chi connectivity index (χ1v) is 8.01. The second-order valence-electron chi connectivity index (χ2n) is 6.23. The molecule has 1 N–H and O–H groups in total. The minimum Gasteiger partial charge on any atom is -0.497 e. The molecule has 1 heterocycles. The Bertz CT molecular complexity index is 528. The van der Waals surface area contributed by atoms with Gasteiger partial charge in [0.25, 0.3) is 5.91 Å². The summed E-state index contributed by atoms with van der Waals surface area (Å²) >= 11 is 0. The predicted octanol–water partition coefficient (Wildman–Crippen LogP) is 1.65. The molecule has 23 heavy (non-hydrogen) atoms. The van der Waals surface area contributed by atoms with Crippen molar-refractivity contribution in [2.24, 2.45) is 5.92 Å². The van der Waals surface area contributed by atoms with Crippen LogP contribution in [-0.4, -0.2) is 66.8 Å². The number of β-amino-alcohol motifs (C(OH)–C–C–N with tert-alkyl or cyclic N) is 1. The minimum absolute atomic E-state index is 0. The maximum atomic E-state index is 12.5. The number of hydrogen-bond acceptors (Lipinski definition) is 4. The lowest BCUT2D eigenvalue weighted by atomic mass is 10.1. The summed E-state index contributed by atoms with van der Waals surface area (Å²) in [5, 5.41) is 10.0. The van der Waals surface area contributed by atoms with Gasteiger partial charge < -0.3 is 14.7 Å². The number of amides is 1. The highest BCUT2D eigenvalue weighted by Crippen LogP contribution is 2.32. The van der Waals surface area contributed by atoms with Gasteiger partial charge in [0.2, 0.25) is 0 Å². The molecule has 1 aromatic rings. The van der Waals surface area contributed by atoms with Crippen LogP contribution >= 0.6 is 12.4 Å². The van der Waals surface area contributed by atoms with Crippen LogP contribution in [0.1, 0.15) is 23.2 Å². The first-order valence-electron chi connectivity index (χ1n) is 8.01. The lowest BCUT2D eigenvalue weighted by Gasteiger charge is -2.35. The van der Waals surface area contributed by atoms with Gasteiger partial charge in [0.05, 0.1) is 13.2 Å². The van der Waals surface area contributed by atoms with Crippen LogP contribution in [0.25, 0.3) is 0 Å². The molecule has 1 aliphatic carbocycles. The van der Waals surface area contributed by atoms with Gasteiger partial charge in [-0.1, -0.05) is 6.07 Å². The van der Waals surface area contributed by atoms with E-state index in [1.54, 1.807) is 13.2 Å². The van der Waals surface area contributed by atoms with Crippen LogP contribution in [0.3, 0.4) is 0 Å². The van der Waals surface area contributed by atoms with E-state index in [-0.39, 0.29) is 24.4 Å². The summed E-state index contributed by atoms with van der Waals surface area (Å²) in [5.74, 6) is 1.27. The number of halogens is 1. The zero-order chi connectivity index (χ0) is 15.5. The zero-order valence-electron chi connectivity index (χ0n) is 13.5. The Labute approximate surface area is 143 Å². The lowest BCUT2D eigenvalue weighted by Crippen LogP contribution is -2.50. The normalized spacial score (nSPS) is 19.8. The first kappa shape index (κ1) is 18.0. The second kappa shape index (κ2) is 7.99. The Kier molecular flexibility index (Phi) is 6.27. The van der Waals surface area contributed by atoms with Crippen molar-refractivity contribution in [3.63, 3.8) is 0 Å². The van der Waals surface area contributed by atoms with Gasteiger partial charge in [0, 0.05) is 38.3 Å². The molecule has 2 aliphatic rings. The van der Waals surface area contributed by atoms with Crippen molar-refractivity contribution in [2.45, 2.75) is 18.9 Å². The molecule has 1 aromatic carbocycles. The maximum absolute atomic E-state index is 12.5. The molecule has 1 unspecified atom stereocenters. The third-order valence-electron chi connectivity index (χ3n) is 4.59. The largest absolute Gasteiger partial charge is 0.497 e. The SMILES string of the molecule is COc1cccc(C(=O)N2CCN(CC(O)C3CC3)CC2)c1.Cl. The number of ether oxygens (including phenoxy) is 1. The summed E-state index contributed by atoms with van der Waals surface area (Å²) in [4.78, 5) is 16.7. The van der Waals surface area contributed by atoms with Crippen LogP contribution in [0, 0.1) is 5.92 Å². The zero-order valence-corrected chi connectivity index (χ0v) is 14.3. The smallest absolute Gasteiger partial charge is 0.254 e. The van der Waals surface area contributed by atoms with Crippen molar-refractivity contribution in [1.82, 2.24) is 9.80 Å². The minimum atomic E-state index is -0.194. The second-order valence-corrected chi connectivity index (χ2v) is 6.23. The molecule has 128 valence electrons. The number of methoxy groups -OCH3 is 1. The number of hydrogen-bond donors (Lipinski definition) is 1. The maximum Gasteiger partial charge on any atom is 0.254 e. The van der Waals surface area contributed by atoms with Crippen LogP contribution < -0.4 is 4.74 Å². The van der Waals surface area contributed by atoms with Crippen LogP contribution in [0.2, 0.25) is 0 Å². The highest BCUT2D eigenvalue weighted by atomic mass is 35.5. The number of aliphatic hydroxyl groups excluding tert-OH is 1. The van der Waals surface area contributed by atoms with E-state index >= 15 is 0 Å². The molecule has 1 saturated carbocycles. The number of aliphatic hydroxyl groups is 1. The van der Waals surface area contributed by atoms with Crippen LogP contribution in [-0.2, 0) is 0 Å². The number of piperazine rings is 1. The molecule has 0 radical (unpaired) electrons. The molecule has 2 fully saturated rings. The molecule has 1 saturated heterocycles. The topological polar surface area (TPSA) is 53.0 Å². The van der Waals surface area contributed by atoms with Gasteiger partial charge >= 0.3 is 0 Å². The summed E-state index contributed by atoms with van der Waals surface area (Å²) in [6.45, 7) is 3.84. The molecular formula is C17H25ClN2O3. The van der Waals surface area contributed by atoms with Gasteiger partial charge in [-0.3, -0.25) is 9.69 Å². The fourth-order valence-electron chi connectivity index (χ4n) is 2.97. The van der Waals surface area contributed by atoms with Crippen molar-refractivity contribution in [2.75, 3.05) is 39.8 Å². The third kappa shape index (κ3) is 4.59. The quantitative estimate of drug-likeness (QED) is 0.885. The van der Waals surface area contributed by atoms with E-state index in [0.717, 1.165) is 32.5 Å². The monoisotopic (exact) mass is 340 g/mol. The molecule has 0 aromatic heterocycles. The average molecular weight is 341 g/mol. The van der Waals surface area contributed by atoms with E-state index in [0.29, 0.717) is 30.3 Å². The summed E-state index contributed by atoms with van der Waals surface area (Å²) in [7, 11) is 1.60. The molecule has 3 rings (SSSR count). The Morgan fingerprint density at radius 1 is 1.30 bits per heavy atom. The standard InChI is InChI=1S/C17H24N2O3.ClH/c1-22-15-4-2-3-14(11-15)17(21)19-9-7-18(8-10-19)12-16(20)13-5-6-13;/h2-4,11,13,16,20H,5-10,12H2,1H3;1H. The molecule has 5 nitrogen and oxygen atoms in total. The molecule has 6 heteroatoms. The number of carbonyl (C=O) groups excluding carboxylic acids is 1. The van der Waals surface area contributed by atoms with Gasteiger partial charge in [-0.25, -0.2) is 0 Å². The number of benzene rings is 1. The highest BCUT2D eigenvalue weighted by Gasteiger charge is 2.32. The summed E-state index contributed by atoms with van der Waals surface area (Å²) < 4.78 is 5.17. The van der Waals surface area contributed by atoms with Crippen LogP contribution in [0.4, 0.5) is 0 Å². The van der Waals surface area contributed by atoms with Crippen molar-refractivity contribution < 1.29 is 14.6 Å². The Morgan fingerprint density at radius 2 is 2.00 bits per heavy atom. The van der Waals surface area contributed by atoms with E-state index < -0.39 is 0 Å². The van der Waals surface area contributed by atoms with Gasteiger partial charge in [0.15, 0.2) is 0 Å². The fourth-order valence-corrected chi connectivity index (χ4v) is 2.97. The fraction of sp³-hybridized carbons (Fsp3) is 0.588. The molecule has 1 aliphatic heterocycles. The van der Waals surface area contributed by atoms with E-state index in [1.165, 1.54) is 0 Å². The Hall–Kier alpha value is -1.30. The van der Waals surface area contributed by atoms with E-state index in [4.69, 9.17) is 4.74 Å². The molecule has 0 spiro atoms. The van der Waals surface area contributed by atoms with E-state index in [9.17, 15) is 9.90 Å². The predicted molar refractivity (Wildman–Crippen MR) is 91.3 cm³/mol. The molecular weight excluding hydrogens is 316 g/mol. The molecule has 1 atom stereocenters. The van der Waals surface area contributed by atoms with Crippen LogP contribution in [0.15, 0.2) is 24.3 Å². The number of nitrogens with zero attached hydrogens (tertiary/aromatic N) is 2. The number of carbonyl (C=O) groups is 1. The van der Waals surface area contributed by atoms with Crippen LogP contribution in [0.5, 0.6) is 5.75 Å². The summed E-state index contributed by atoms with van der Waals surface area (Å²) in [6, 6.07) is 7.29. The highest BCUT2D eigenvalue weighted by molar-refractivity contribution is 5.94. The van der Waals surface area contributed by atoms with E-state index in [2.05, 4.69) is 4.90 Å².